The van der Waals surface area contributed by atoms with Crippen LogP contribution in [-0.4, -0.2) is 51.2 Å². The van der Waals surface area contributed by atoms with Gasteiger partial charge in [-0.2, -0.15) is 0 Å². The summed E-state index contributed by atoms with van der Waals surface area (Å²) in [6.07, 6.45) is 0. The summed E-state index contributed by atoms with van der Waals surface area (Å²) in [5.74, 6) is -0.0791. The van der Waals surface area contributed by atoms with E-state index in [9.17, 15) is 4.79 Å². The largest absolute Gasteiger partial charge is 0.378 e. The van der Waals surface area contributed by atoms with Crippen molar-refractivity contribution in [3.8, 4) is 0 Å². The van der Waals surface area contributed by atoms with Crippen molar-refractivity contribution in [3.63, 3.8) is 0 Å². The standard InChI is InChI=1S/C14H22N2O2S/c1-11-4-5-12(19)10-13(11)14(17)15-6-8-18-9-7-16(2)3/h4-5,10,19H,6-9H2,1-3H3,(H,15,17). The highest BCUT2D eigenvalue weighted by atomic mass is 32.1. The summed E-state index contributed by atoms with van der Waals surface area (Å²) >= 11 is 4.24. The molecule has 5 heteroatoms. The quantitative estimate of drug-likeness (QED) is 0.589. The Hall–Kier alpha value is -1.04. The number of aryl methyl sites for hydroxylation is 1. The van der Waals surface area contributed by atoms with Crippen molar-refractivity contribution in [2.24, 2.45) is 0 Å². The Bertz CT molecular complexity index is 422. The molecule has 0 heterocycles. The molecule has 1 amide bonds. The smallest absolute Gasteiger partial charge is 0.251 e. The molecule has 0 aromatic heterocycles. The topological polar surface area (TPSA) is 41.6 Å². The fourth-order valence-electron chi connectivity index (χ4n) is 1.54. The lowest BCUT2D eigenvalue weighted by Gasteiger charge is -2.11. The maximum absolute atomic E-state index is 11.9. The molecule has 0 saturated carbocycles. The first-order valence-corrected chi connectivity index (χ1v) is 6.75. The fraction of sp³-hybridized carbons (Fsp3) is 0.500. The van der Waals surface area contributed by atoms with Gasteiger partial charge in [0.25, 0.3) is 5.91 Å². The van der Waals surface area contributed by atoms with Crippen molar-refractivity contribution in [2.75, 3.05) is 40.4 Å². The third-order valence-electron chi connectivity index (χ3n) is 2.68. The SMILES string of the molecule is Cc1ccc(S)cc1C(=O)NCCOCCN(C)C. The molecule has 1 N–H and O–H groups in total. The molecule has 1 aromatic rings. The first kappa shape index (κ1) is 16.0. The molecule has 0 aliphatic heterocycles. The first-order chi connectivity index (χ1) is 9.00. The van der Waals surface area contributed by atoms with E-state index in [2.05, 4.69) is 22.8 Å². The molecule has 0 saturated heterocycles. The lowest BCUT2D eigenvalue weighted by molar-refractivity contribution is 0.0899. The zero-order chi connectivity index (χ0) is 14.3. The van der Waals surface area contributed by atoms with Gasteiger partial charge in [0.15, 0.2) is 0 Å². The molecule has 0 radical (unpaired) electrons. The van der Waals surface area contributed by atoms with Crippen molar-refractivity contribution in [1.82, 2.24) is 10.2 Å². The van der Waals surface area contributed by atoms with Gasteiger partial charge in [0.2, 0.25) is 0 Å². The molecular weight excluding hydrogens is 260 g/mol. The number of nitrogens with zero attached hydrogens (tertiary/aromatic N) is 1. The molecule has 0 bridgehead atoms. The number of amides is 1. The summed E-state index contributed by atoms with van der Waals surface area (Å²) < 4.78 is 5.41. The number of carbonyl (C=O) groups excluding carboxylic acids is 1. The van der Waals surface area contributed by atoms with Gasteiger partial charge in [0, 0.05) is 23.5 Å². The van der Waals surface area contributed by atoms with Gasteiger partial charge in [-0.1, -0.05) is 6.07 Å². The van der Waals surface area contributed by atoms with Gasteiger partial charge >= 0.3 is 0 Å². The van der Waals surface area contributed by atoms with E-state index >= 15 is 0 Å². The maximum Gasteiger partial charge on any atom is 0.251 e. The van der Waals surface area contributed by atoms with E-state index in [1.807, 2.05) is 33.2 Å². The van der Waals surface area contributed by atoms with Gasteiger partial charge in [0.1, 0.15) is 0 Å². The van der Waals surface area contributed by atoms with E-state index in [0.29, 0.717) is 25.3 Å². The van der Waals surface area contributed by atoms with Crippen molar-refractivity contribution in [2.45, 2.75) is 11.8 Å². The highest BCUT2D eigenvalue weighted by molar-refractivity contribution is 7.80. The molecule has 0 atom stereocenters. The minimum atomic E-state index is -0.0791. The summed E-state index contributed by atoms with van der Waals surface area (Å²) in [6.45, 7) is 4.51. The Kier molecular flexibility index (Phi) is 6.91. The number of ether oxygens (including phenoxy) is 1. The molecular formula is C14H22N2O2S. The second-order valence-electron chi connectivity index (χ2n) is 4.67. The van der Waals surface area contributed by atoms with Crippen molar-refractivity contribution in [3.05, 3.63) is 29.3 Å². The van der Waals surface area contributed by atoms with Crippen molar-refractivity contribution < 1.29 is 9.53 Å². The predicted octanol–water partition coefficient (Wildman–Crippen LogP) is 1.59. The van der Waals surface area contributed by atoms with Crippen LogP contribution in [0.2, 0.25) is 0 Å². The molecule has 0 spiro atoms. The Morgan fingerprint density at radius 1 is 1.37 bits per heavy atom. The second-order valence-corrected chi connectivity index (χ2v) is 5.19. The van der Waals surface area contributed by atoms with Crippen LogP contribution >= 0.6 is 12.6 Å². The van der Waals surface area contributed by atoms with E-state index in [0.717, 1.165) is 17.0 Å². The van der Waals surface area contributed by atoms with E-state index in [4.69, 9.17) is 4.74 Å². The highest BCUT2D eigenvalue weighted by Gasteiger charge is 2.08. The number of carbonyl (C=O) groups is 1. The Balaban J connectivity index is 2.29. The monoisotopic (exact) mass is 282 g/mol. The number of hydrogen-bond donors (Lipinski definition) is 2. The molecule has 1 rings (SSSR count). The maximum atomic E-state index is 11.9. The summed E-state index contributed by atoms with van der Waals surface area (Å²) in [4.78, 5) is 14.8. The number of nitrogens with one attached hydrogen (secondary N) is 1. The zero-order valence-electron chi connectivity index (χ0n) is 11.8. The van der Waals surface area contributed by atoms with Crippen LogP contribution in [0.3, 0.4) is 0 Å². The number of thiol groups is 1. The molecule has 0 aliphatic carbocycles. The van der Waals surface area contributed by atoms with E-state index in [1.165, 1.54) is 0 Å². The van der Waals surface area contributed by atoms with Crippen LogP contribution in [0.1, 0.15) is 15.9 Å². The summed E-state index contributed by atoms with van der Waals surface area (Å²) in [5, 5.41) is 2.84. The fourth-order valence-corrected chi connectivity index (χ4v) is 1.74. The van der Waals surface area contributed by atoms with E-state index in [-0.39, 0.29) is 5.91 Å². The van der Waals surface area contributed by atoms with Gasteiger partial charge < -0.3 is 15.0 Å². The molecule has 0 aliphatic rings. The molecule has 0 fully saturated rings. The predicted molar refractivity (Wildman–Crippen MR) is 80.1 cm³/mol. The minimum Gasteiger partial charge on any atom is -0.378 e. The number of benzene rings is 1. The van der Waals surface area contributed by atoms with Crippen LogP contribution in [0.25, 0.3) is 0 Å². The zero-order valence-corrected chi connectivity index (χ0v) is 12.7. The summed E-state index contributed by atoms with van der Waals surface area (Å²) in [7, 11) is 4.00. The van der Waals surface area contributed by atoms with Crippen LogP contribution in [0.4, 0.5) is 0 Å². The summed E-state index contributed by atoms with van der Waals surface area (Å²) in [6, 6.07) is 5.55. The molecule has 4 nitrogen and oxygen atoms in total. The number of rotatable bonds is 7. The normalized spacial score (nSPS) is 10.8. The van der Waals surface area contributed by atoms with Crippen LogP contribution in [0.15, 0.2) is 23.1 Å². The Labute approximate surface area is 120 Å². The van der Waals surface area contributed by atoms with Crippen LogP contribution in [0.5, 0.6) is 0 Å². The summed E-state index contributed by atoms with van der Waals surface area (Å²) in [5.41, 5.74) is 1.62. The lowest BCUT2D eigenvalue weighted by atomic mass is 10.1. The average molecular weight is 282 g/mol. The van der Waals surface area contributed by atoms with Gasteiger partial charge in [-0.3, -0.25) is 4.79 Å². The Morgan fingerprint density at radius 2 is 2.11 bits per heavy atom. The second kappa shape index (κ2) is 8.19. The van der Waals surface area contributed by atoms with Gasteiger partial charge in [-0.25, -0.2) is 0 Å². The Morgan fingerprint density at radius 3 is 2.79 bits per heavy atom. The van der Waals surface area contributed by atoms with Gasteiger partial charge in [0.05, 0.1) is 13.2 Å². The first-order valence-electron chi connectivity index (χ1n) is 6.31. The third kappa shape index (κ3) is 6.09. The average Bonchev–Trinajstić information content (AvgIpc) is 2.36. The number of hydrogen-bond acceptors (Lipinski definition) is 4. The lowest BCUT2D eigenvalue weighted by Crippen LogP contribution is -2.28. The van der Waals surface area contributed by atoms with Crippen LogP contribution in [-0.2, 0) is 4.74 Å². The van der Waals surface area contributed by atoms with Crippen LogP contribution in [0, 0.1) is 6.92 Å². The highest BCUT2D eigenvalue weighted by Crippen LogP contribution is 2.13. The van der Waals surface area contributed by atoms with Gasteiger partial charge in [-0.05, 0) is 38.7 Å². The molecule has 106 valence electrons. The minimum absolute atomic E-state index is 0.0791. The van der Waals surface area contributed by atoms with Crippen molar-refractivity contribution >= 4 is 18.5 Å². The van der Waals surface area contributed by atoms with Crippen LogP contribution < -0.4 is 5.32 Å². The number of likely N-dealkylation sites (N-methyl/N-ethyl adjacent to an activating group) is 1. The third-order valence-corrected chi connectivity index (χ3v) is 2.96. The van der Waals surface area contributed by atoms with E-state index < -0.39 is 0 Å². The van der Waals surface area contributed by atoms with Gasteiger partial charge in [-0.15, -0.1) is 12.6 Å². The molecule has 1 aromatic carbocycles. The van der Waals surface area contributed by atoms with Crippen molar-refractivity contribution in [1.29, 1.82) is 0 Å². The molecule has 19 heavy (non-hydrogen) atoms. The molecule has 0 unspecified atom stereocenters. The van der Waals surface area contributed by atoms with E-state index in [1.54, 1.807) is 6.07 Å².